The molecule has 0 unspecified atom stereocenters. The first-order valence-electron chi connectivity index (χ1n) is 9.16. The fourth-order valence-corrected chi connectivity index (χ4v) is 3.54. The standard InChI is InChI=1S/C21H19NO9S/c1-27-16-8-12(4-6-14(16)30-11-18(23)28-2)9-17-19(24)22(21(26)32-17)10-13-5-7-15(31-13)20(25)29-3/h4-9H,10-11H2,1-3H3. The molecule has 0 spiro atoms. The number of ether oxygens (including phenoxy) is 4. The SMILES string of the molecule is COC(=O)COc1ccc(C=C2SC(=O)N(Cc3ccc(C(=O)OC)o3)C2=O)cc1OC. The minimum absolute atomic E-state index is 0.0217. The lowest BCUT2D eigenvalue weighted by molar-refractivity contribution is -0.143. The summed E-state index contributed by atoms with van der Waals surface area (Å²) in [5.74, 6) is -0.788. The minimum Gasteiger partial charge on any atom is -0.493 e. The summed E-state index contributed by atoms with van der Waals surface area (Å²) >= 11 is 0.780. The van der Waals surface area contributed by atoms with Crippen molar-refractivity contribution in [3.05, 3.63) is 52.3 Å². The lowest BCUT2D eigenvalue weighted by Gasteiger charge is -2.11. The van der Waals surface area contributed by atoms with E-state index in [1.807, 2.05) is 0 Å². The second-order valence-corrected chi connectivity index (χ2v) is 7.29. The van der Waals surface area contributed by atoms with Crippen molar-refractivity contribution < 1.29 is 42.5 Å². The molecular formula is C21H19NO9S. The zero-order valence-electron chi connectivity index (χ0n) is 17.4. The Balaban J connectivity index is 1.74. The molecule has 1 aromatic carbocycles. The molecule has 2 aromatic rings. The molecule has 10 nitrogen and oxygen atoms in total. The number of hydrogen-bond acceptors (Lipinski definition) is 10. The van der Waals surface area contributed by atoms with E-state index in [9.17, 15) is 19.2 Å². The van der Waals surface area contributed by atoms with Crippen LogP contribution < -0.4 is 9.47 Å². The first-order chi connectivity index (χ1) is 15.4. The molecule has 32 heavy (non-hydrogen) atoms. The summed E-state index contributed by atoms with van der Waals surface area (Å²) in [7, 11) is 3.91. The molecule has 11 heteroatoms. The van der Waals surface area contributed by atoms with Gasteiger partial charge in [0, 0.05) is 0 Å². The van der Waals surface area contributed by atoms with E-state index in [-0.39, 0.29) is 29.6 Å². The zero-order valence-corrected chi connectivity index (χ0v) is 18.2. The van der Waals surface area contributed by atoms with E-state index in [0.717, 1.165) is 16.7 Å². The molecule has 0 bridgehead atoms. The normalized spacial score (nSPS) is 14.6. The number of amides is 2. The van der Waals surface area contributed by atoms with Gasteiger partial charge < -0.3 is 23.4 Å². The lowest BCUT2D eigenvalue weighted by Crippen LogP contribution is -2.27. The van der Waals surface area contributed by atoms with Crippen LogP contribution in [0.25, 0.3) is 6.08 Å². The van der Waals surface area contributed by atoms with E-state index in [1.165, 1.54) is 33.5 Å². The van der Waals surface area contributed by atoms with Crippen molar-refractivity contribution in [3.63, 3.8) is 0 Å². The molecule has 1 aliphatic heterocycles. The van der Waals surface area contributed by atoms with E-state index < -0.39 is 23.1 Å². The van der Waals surface area contributed by atoms with Crippen molar-refractivity contribution in [1.29, 1.82) is 0 Å². The average Bonchev–Trinajstić information content (AvgIpc) is 3.37. The van der Waals surface area contributed by atoms with Gasteiger partial charge in [-0.05, 0) is 47.7 Å². The Hall–Kier alpha value is -3.73. The van der Waals surface area contributed by atoms with Crippen LogP contribution in [-0.4, -0.2) is 55.9 Å². The predicted molar refractivity (Wildman–Crippen MR) is 112 cm³/mol. The summed E-state index contributed by atoms with van der Waals surface area (Å²) in [4.78, 5) is 49.1. The number of benzene rings is 1. The molecule has 1 saturated heterocycles. The number of nitrogens with zero attached hydrogens (tertiary/aromatic N) is 1. The number of rotatable bonds is 8. The van der Waals surface area contributed by atoms with Crippen molar-refractivity contribution in [2.75, 3.05) is 27.9 Å². The third-order valence-electron chi connectivity index (χ3n) is 4.29. The second-order valence-electron chi connectivity index (χ2n) is 6.30. The van der Waals surface area contributed by atoms with Gasteiger partial charge in [-0.1, -0.05) is 6.07 Å². The number of carbonyl (C=O) groups is 4. The summed E-state index contributed by atoms with van der Waals surface area (Å²) in [5, 5.41) is -0.470. The van der Waals surface area contributed by atoms with Gasteiger partial charge in [0.2, 0.25) is 5.76 Å². The Morgan fingerprint density at radius 3 is 2.53 bits per heavy atom. The molecular weight excluding hydrogens is 442 g/mol. The molecule has 3 rings (SSSR count). The van der Waals surface area contributed by atoms with E-state index in [0.29, 0.717) is 17.1 Å². The molecule has 0 atom stereocenters. The Kier molecular flexibility index (Phi) is 7.21. The molecule has 1 fully saturated rings. The van der Waals surface area contributed by atoms with Crippen molar-refractivity contribution >= 4 is 40.9 Å². The third-order valence-corrected chi connectivity index (χ3v) is 5.20. The van der Waals surface area contributed by atoms with Crippen LogP contribution >= 0.6 is 11.8 Å². The average molecular weight is 461 g/mol. The van der Waals surface area contributed by atoms with Crippen LogP contribution in [0.5, 0.6) is 11.5 Å². The molecule has 0 saturated carbocycles. The van der Waals surface area contributed by atoms with Crippen LogP contribution in [0.15, 0.2) is 39.7 Å². The van der Waals surface area contributed by atoms with Crippen LogP contribution in [0.2, 0.25) is 0 Å². The number of thioether (sulfide) groups is 1. The number of imide groups is 1. The van der Waals surface area contributed by atoms with Crippen LogP contribution in [0, 0.1) is 0 Å². The minimum atomic E-state index is -0.654. The number of carbonyl (C=O) groups excluding carboxylic acids is 4. The fourth-order valence-electron chi connectivity index (χ4n) is 2.71. The van der Waals surface area contributed by atoms with Gasteiger partial charge in [-0.2, -0.15) is 0 Å². The van der Waals surface area contributed by atoms with Gasteiger partial charge in [-0.25, -0.2) is 9.59 Å². The van der Waals surface area contributed by atoms with E-state index >= 15 is 0 Å². The number of furan rings is 1. The van der Waals surface area contributed by atoms with Gasteiger partial charge in [-0.3, -0.25) is 14.5 Å². The largest absolute Gasteiger partial charge is 0.493 e. The quantitative estimate of drug-likeness (QED) is 0.428. The highest BCUT2D eigenvalue weighted by Gasteiger charge is 2.35. The zero-order chi connectivity index (χ0) is 23.3. The molecule has 1 aliphatic rings. The molecule has 0 N–H and O–H groups in total. The van der Waals surface area contributed by atoms with Crippen molar-refractivity contribution in [2.45, 2.75) is 6.54 Å². The van der Waals surface area contributed by atoms with Gasteiger partial charge >= 0.3 is 11.9 Å². The highest BCUT2D eigenvalue weighted by atomic mass is 32.2. The smallest absolute Gasteiger partial charge is 0.373 e. The maximum Gasteiger partial charge on any atom is 0.373 e. The monoisotopic (exact) mass is 461 g/mol. The van der Waals surface area contributed by atoms with Gasteiger partial charge in [0.15, 0.2) is 18.1 Å². The van der Waals surface area contributed by atoms with Gasteiger partial charge in [0.25, 0.3) is 11.1 Å². The maximum absolute atomic E-state index is 12.7. The highest BCUT2D eigenvalue weighted by molar-refractivity contribution is 8.18. The van der Waals surface area contributed by atoms with Crippen molar-refractivity contribution in [2.24, 2.45) is 0 Å². The first kappa shape index (κ1) is 22.9. The number of hydrogen-bond donors (Lipinski definition) is 0. The Morgan fingerprint density at radius 2 is 1.84 bits per heavy atom. The maximum atomic E-state index is 12.7. The molecule has 0 radical (unpaired) electrons. The lowest BCUT2D eigenvalue weighted by atomic mass is 10.2. The van der Waals surface area contributed by atoms with E-state index in [4.69, 9.17) is 13.9 Å². The van der Waals surface area contributed by atoms with Crippen LogP contribution in [0.1, 0.15) is 21.9 Å². The molecule has 2 amide bonds. The van der Waals surface area contributed by atoms with Gasteiger partial charge in [0.1, 0.15) is 5.76 Å². The highest BCUT2D eigenvalue weighted by Crippen LogP contribution is 2.35. The predicted octanol–water partition coefficient (Wildman–Crippen LogP) is 2.86. The van der Waals surface area contributed by atoms with Crippen molar-refractivity contribution in [1.82, 2.24) is 4.90 Å². The topological polar surface area (TPSA) is 122 Å². The summed E-state index contributed by atoms with van der Waals surface area (Å²) < 4.78 is 25.1. The number of esters is 2. The van der Waals surface area contributed by atoms with Crippen LogP contribution in [0.4, 0.5) is 4.79 Å². The van der Waals surface area contributed by atoms with Gasteiger partial charge in [-0.15, -0.1) is 0 Å². The third kappa shape index (κ3) is 5.11. The van der Waals surface area contributed by atoms with Gasteiger partial charge in [0.05, 0.1) is 32.8 Å². The number of methoxy groups -OCH3 is 3. The summed E-state index contributed by atoms with van der Waals surface area (Å²) in [6.07, 6.45) is 1.54. The van der Waals surface area contributed by atoms with E-state index in [2.05, 4.69) is 9.47 Å². The molecule has 0 aliphatic carbocycles. The summed E-state index contributed by atoms with van der Waals surface area (Å²) in [6.45, 7) is -0.405. The fraction of sp³-hybridized carbons (Fsp3) is 0.238. The first-order valence-corrected chi connectivity index (χ1v) is 9.98. The Labute approximate surface area is 187 Å². The Morgan fingerprint density at radius 1 is 1.06 bits per heavy atom. The van der Waals surface area contributed by atoms with Crippen LogP contribution in [-0.2, 0) is 25.6 Å². The van der Waals surface area contributed by atoms with Crippen LogP contribution in [0.3, 0.4) is 0 Å². The summed E-state index contributed by atoms with van der Waals surface area (Å²) in [6, 6.07) is 7.74. The second kappa shape index (κ2) is 10.1. The molecule has 1 aromatic heterocycles. The Bertz CT molecular complexity index is 1090. The van der Waals surface area contributed by atoms with E-state index in [1.54, 1.807) is 24.3 Å². The molecule has 168 valence electrons. The van der Waals surface area contributed by atoms with Crippen molar-refractivity contribution in [3.8, 4) is 11.5 Å². The summed E-state index contributed by atoms with van der Waals surface area (Å²) in [5.41, 5.74) is 0.587. The molecule has 2 heterocycles.